The average Bonchev–Trinajstić information content (AvgIpc) is 2.97. The van der Waals surface area contributed by atoms with Crippen LogP contribution < -0.4 is 0 Å². The van der Waals surface area contributed by atoms with Gasteiger partial charge in [-0.05, 0) is 19.2 Å². The lowest BCUT2D eigenvalue weighted by Crippen LogP contribution is -2.47. The third kappa shape index (κ3) is 3.31. The number of rotatable bonds is 3. The molecular weight excluding hydrogens is 266 g/mol. The maximum atomic E-state index is 12.2. The van der Waals surface area contributed by atoms with Crippen LogP contribution in [0.5, 0.6) is 0 Å². The van der Waals surface area contributed by atoms with Crippen molar-refractivity contribution in [2.45, 2.75) is 6.42 Å². The lowest BCUT2D eigenvalue weighted by Gasteiger charge is -2.32. The maximum absolute atomic E-state index is 12.2. The lowest BCUT2D eigenvalue weighted by molar-refractivity contribution is -0.132. The molecule has 0 atom stereocenters. The van der Waals surface area contributed by atoms with Crippen molar-refractivity contribution in [1.29, 1.82) is 0 Å². The largest absolute Gasteiger partial charge is 0.444 e. The molecule has 0 saturated carbocycles. The topological polar surface area (TPSA) is 49.6 Å². The number of benzene rings is 1. The first-order valence-corrected chi connectivity index (χ1v) is 7.18. The Morgan fingerprint density at radius 2 is 1.90 bits per heavy atom. The molecule has 0 radical (unpaired) electrons. The smallest absolute Gasteiger partial charge is 0.228 e. The summed E-state index contributed by atoms with van der Waals surface area (Å²) >= 11 is 0. The summed E-state index contributed by atoms with van der Waals surface area (Å²) in [5.74, 6) is 0.688. The van der Waals surface area contributed by atoms with E-state index in [1.54, 1.807) is 6.26 Å². The predicted molar refractivity (Wildman–Crippen MR) is 79.7 cm³/mol. The quantitative estimate of drug-likeness (QED) is 0.860. The molecule has 1 aliphatic heterocycles. The number of nitrogens with zero attached hydrogens (tertiary/aromatic N) is 3. The van der Waals surface area contributed by atoms with Gasteiger partial charge in [-0.25, -0.2) is 4.98 Å². The average molecular weight is 285 g/mol. The molecule has 0 unspecified atom stereocenters. The molecule has 0 aliphatic carbocycles. The zero-order valence-corrected chi connectivity index (χ0v) is 12.2. The summed E-state index contributed by atoms with van der Waals surface area (Å²) in [4.78, 5) is 20.8. The van der Waals surface area contributed by atoms with Crippen molar-refractivity contribution >= 4 is 5.91 Å². The molecule has 0 N–H and O–H groups in total. The highest BCUT2D eigenvalue weighted by atomic mass is 16.3. The number of carbonyl (C=O) groups is 1. The van der Waals surface area contributed by atoms with E-state index in [-0.39, 0.29) is 5.91 Å². The Balaban J connectivity index is 1.63. The molecule has 1 fully saturated rings. The Morgan fingerprint density at radius 3 is 2.62 bits per heavy atom. The van der Waals surface area contributed by atoms with Crippen LogP contribution in [0.25, 0.3) is 11.5 Å². The van der Waals surface area contributed by atoms with E-state index in [0.29, 0.717) is 18.0 Å². The van der Waals surface area contributed by atoms with Gasteiger partial charge < -0.3 is 14.2 Å². The number of likely N-dealkylation sites (N-methyl/N-ethyl adjacent to an activating group) is 1. The maximum Gasteiger partial charge on any atom is 0.228 e. The molecule has 1 aromatic carbocycles. The van der Waals surface area contributed by atoms with Crippen LogP contribution in [0.4, 0.5) is 0 Å². The van der Waals surface area contributed by atoms with Crippen molar-refractivity contribution in [3.05, 3.63) is 42.3 Å². The number of piperazine rings is 1. The summed E-state index contributed by atoms with van der Waals surface area (Å²) in [5, 5.41) is 0. The fourth-order valence-electron chi connectivity index (χ4n) is 2.42. The van der Waals surface area contributed by atoms with E-state index in [4.69, 9.17) is 4.42 Å². The third-order valence-corrected chi connectivity index (χ3v) is 3.76. The van der Waals surface area contributed by atoms with Crippen LogP contribution in [0.1, 0.15) is 5.69 Å². The molecule has 5 heteroatoms. The number of oxazole rings is 1. The Morgan fingerprint density at radius 1 is 1.19 bits per heavy atom. The standard InChI is InChI=1S/C16H19N3O2/c1-18-7-9-19(10-8-18)15(20)11-14-12-21-16(17-14)13-5-3-2-4-6-13/h2-6,12H,7-11H2,1H3. The second kappa shape index (κ2) is 6.10. The number of carbonyl (C=O) groups excluding carboxylic acids is 1. The highest BCUT2D eigenvalue weighted by molar-refractivity contribution is 5.78. The van der Waals surface area contributed by atoms with Crippen molar-refractivity contribution in [2.24, 2.45) is 0 Å². The summed E-state index contributed by atoms with van der Waals surface area (Å²) < 4.78 is 5.47. The zero-order valence-electron chi connectivity index (χ0n) is 12.2. The third-order valence-electron chi connectivity index (χ3n) is 3.76. The first-order valence-electron chi connectivity index (χ1n) is 7.18. The SMILES string of the molecule is CN1CCN(C(=O)Cc2coc(-c3ccccc3)n2)CC1. The van der Waals surface area contributed by atoms with Gasteiger partial charge in [0, 0.05) is 31.7 Å². The van der Waals surface area contributed by atoms with E-state index >= 15 is 0 Å². The van der Waals surface area contributed by atoms with Crippen LogP contribution in [0.2, 0.25) is 0 Å². The highest BCUT2D eigenvalue weighted by Crippen LogP contribution is 2.18. The Labute approximate surface area is 124 Å². The monoisotopic (exact) mass is 285 g/mol. The van der Waals surface area contributed by atoms with Crippen LogP contribution in [-0.4, -0.2) is 53.9 Å². The number of amides is 1. The van der Waals surface area contributed by atoms with Gasteiger partial charge >= 0.3 is 0 Å². The molecule has 0 bridgehead atoms. The van der Waals surface area contributed by atoms with Crippen LogP contribution in [-0.2, 0) is 11.2 Å². The van der Waals surface area contributed by atoms with Gasteiger partial charge in [0.25, 0.3) is 0 Å². The van der Waals surface area contributed by atoms with Gasteiger partial charge in [-0.3, -0.25) is 4.79 Å². The second-order valence-electron chi connectivity index (χ2n) is 5.37. The normalized spacial score (nSPS) is 16.1. The summed E-state index contributed by atoms with van der Waals surface area (Å²) in [6.07, 6.45) is 1.89. The second-order valence-corrected chi connectivity index (χ2v) is 5.37. The van der Waals surface area contributed by atoms with Crippen LogP contribution in [0, 0.1) is 0 Å². The molecule has 1 saturated heterocycles. The van der Waals surface area contributed by atoms with Crippen LogP contribution in [0.15, 0.2) is 41.0 Å². The van der Waals surface area contributed by atoms with E-state index in [9.17, 15) is 4.79 Å². The van der Waals surface area contributed by atoms with Crippen molar-refractivity contribution in [3.8, 4) is 11.5 Å². The predicted octanol–water partition coefficient (Wildman–Crippen LogP) is 1.66. The van der Waals surface area contributed by atoms with Gasteiger partial charge in [0.15, 0.2) is 0 Å². The Bertz CT molecular complexity index is 601. The van der Waals surface area contributed by atoms with E-state index in [1.165, 1.54) is 0 Å². The summed E-state index contributed by atoms with van der Waals surface area (Å²) in [6, 6.07) is 9.71. The minimum atomic E-state index is 0.121. The van der Waals surface area contributed by atoms with Gasteiger partial charge in [0.2, 0.25) is 11.8 Å². The zero-order chi connectivity index (χ0) is 14.7. The van der Waals surface area contributed by atoms with Gasteiger partial charge in [0.1, 0.15) is 6.26 Å². The first kappa shape index (κ1) is 13.8. The summed E-state index contributed by atoms with van der Waals surface area (Å²) in [5.41, 5.74) is 1.62. The van der Waals surface area contributed by atoms with E-state index in [0.717, 1.165) is 31.7 Å². The molecule has 1 aliphatic rings. The van der Waals surface area contributed by atoms with Crippen LogP contribution >= 0.6 is 0 Å². The van der Waals surface area contributed by atoms with Crippen LogP contribution in [0.3, 0.4) is 0 Å². The molecule has 1 aromatic heterocycles. The molecule has 2 aromatic rings. The molecule has 110 valence electrons. The fourth-order valence-corrected chi connectivity index (χ4v) is 2.42. The van der Waals surface area contributed by atoms with Gasteiger partial charge in [-0.2, -0.15) is 0 Å². The minimum absolute atomic E-state index is 0.121. The van der Waals surface area contributed by atoms with Gasteiger partial charge in [-0.15, -0.1) is 0 Å². The molecule has 21 heavy (non-hydrogen) atoms. The summed E-state index contributed by atoms with van der Waals surface area (Å²) in [7, 11) is 2.07. The van der Waals surface area contributed by atoms with E-state index in [2.05, 4.69) is 16.9 Å². The van der Waals surface area contributed by atoms with Crippen molar-refractivity contribution < 1.29 is 9.21 Å². The van der Waals surface area contributed by atoms with Gasteiger partial charge in [-0.1, -0.05) is 18.2 Å². The van der Waals surface area contributed by atoms with Crippen molar-refractivity contribution in [2.75, 3.05) is 33.2 Å². The molecule has 0 spiro atoms. The van der Waals surface area contributed by atoms with Crippen molar-refractivity contribution in [1.82, 2.24) is 14.8 Å². The lowest BCUT2D eigenvalue weighted by atomic mass is 10.2. The van der Waals surface area contributed by atoms with E-state index in [1.807, 2.05) is 35.2 Å². The molecule has 3 rings (SSSR count). The first-order chi connectivity index (χ1) is 10.2. The number of aromatic nitrogens is 1. The fraction of sp³-hybridized carbons (Fsp3) is 0.375. The minimum Gasteiger partial charge on any atom is -0.444 e. The molecule has 1 amide bonds. The summed E-state index contributed by atoms with van der Waals surface area (Å²) in [6.45, 7) is 3.44. The highest BCUT2D eigenvalue weighted by Gasteiger charge is 2.20. The van der Waals surface area contributed by atoms with E-state index < -0.39 is 0 Å². The molecule has 2 heterocycles. The Kier molecular flexibility index (Phi) is 4.01. The Hall–Kier alpha value is -2.14. The number of hydrogen-bond donors (Lipinski definition) is 0. The van der Waals surface area contributed by atoms with Gasteiger partial charge in [0.05, 0.1) is 12.1 Å². The number of hydrogen-bond acceptors (Lipinski definition) is 4. The molecular formula is C16H19N3O2. The molecule has 5 nitrogen and oxygen atoms in total. The van der Waals surface area contributed by atoms with Crippen molar-refractivity contribution in [3.63, 3.8) is 0 Å².